The maximum absolute atomic E-state index is 12.1. The van der Waals surface area contributed by atoms with Crippen LogP contribution in [0.1, 0.15) is 16.7 Å². The first kappa shape index (κ1) is 22.2. The lowest BCUT2D eigenvalue weighted by molar-refractivity contribution is 0.301. The van der Waals surface area contributed by atoms with Crippen LogP contribution in [0.5, 0.6) is 11.5 Å². The van der Waals surface area contributed by atoms with Gasteiger partial charge < -0.3 is 14.5 Å². The van der Waals surface area contributed by atoms with Crippen molar-refractivity contribution in [3.8, 4) is 28.8 Å². The van der Waals surface area contributed by atoms with Gasteiger partial charge in [0.15, 0.2) is 5.16 Å². The number of benzene rings is 3. The van der Waals surface area contributed by atoms with E-state index < -0.39 is 5.56 Å². The van der Waals surface area contributed by atoms with Gasteiger partial charge in [-0.1, -0.05) is 54.2 Å². The van der Waals surface area contributed by atoms with Crippen molar-refractivity contribution in [1.29, 1.82) is 5.26 Å². The maximum Gasteiger partial charge on any atom is 0.270 e. The zero-order chi connectivity index (χ0) is 23.0. The minimum absolute atomic E-state index is 0.00367. The van der Waals surface area contributed by atoms with Crippen LogP contribution in [0.25, 0.3) is 11.3 Å². The van der Waals surface area contributed by atoms with Crippen molar-refractivity contribution in [3.63, 3.8) is 0 Å². The first-order valence-electron chi connectivity index (χ1n) is 10.2. The Morgan fingerprint density at radius 1 is 0.879 bits per heavy atom. The summed E-state index contributed by atoms with van der Waals surface area (Å²) in [5.41, 5.74) is 2.73. The van der Waals surface area contributed by atoms with Crippen LogP contribution in [0.2, 0.25) is 0 Å². The van der Waals surface area contributed by atoms with Crippen molar-refractivity contribution < 1.29 is 9.47 Å². The number of hydrogen-bond donors (Lipinski definition) is 1. The Balaban J connectivity index is 1.38. The van der Waals surface area contributed by atoms with Crippen molar-refractivity contribution in [3.05, 3.63) is 106 Å². The van der Waals surface area contributed by atoms with E-state index in [1.54, 1.807) is 24.3 Å². The summed E-state index contributed by atoms with van der Waals surface area (Å²) in [5.74, 6) is 1.48. The summed E-state index contributed by atoms with van der Waals surface area (Å²) < 4.78 is 11.7. The number of rotatable bonds is 8. The number of H-pyrrole nitrogens is 1. The van der Waals surface area contributed by atoms with Gasteiger partial charge in [0.25, 0.3) is 5.56 Å². The molecule has 33 heavy (non-hydrogen) atoms. The number of nitriles is 1. The summed E-state index contributed by atoms with van der Waals surface area (Å²) >= 11 is 1.31. The quantitative estimate of drug-likeness (QED) is 0.291. The molecule has 0 aliphatic heterocycles. The Labute approximate surface area is 195 Å². The standard InChI is InChI=1S/C26H21N3O3S/c1-33-26-28-24(23(15-27)25(30)29-26)20-9-13-22(14-10-20)32-17-19-7-11-21(12-8-19)31-16-18-5-3-2-4-6-18/h2-14H,16-17H2,1H3,(H,28,29,30). The number of ether oxygens (including phenoxy) is 2. The Hall–Kier alpha value is -4.02. The number of nitrogens with one attached hydrogen (secondary N) is 1. The molecule has 1 heterocycles. The van der Waals surface area contributed by atoms with Crippen LogP contribution < -0.4 is 15.0 Å². The normalized spacial score (nSPS) is 10.4. The molecule has 0 saturated carbocycles. The Bertz CT molecular complexity index is 1310. The van der Waals surface area contributed by atoms with Gasteiger partial charge in [-0.25, -0.2) is 4.98 Å². The van der Waals surface area contributed by atoms with Crippen LogP contribution >= 0.6 is 11.8 Å². The van der Waals surface area contributed by atoms with Gasteiger partial charge in [-0.15, -0.1) is 0 Å². The molecule has 164 valence electrons. The largest absolute Gasteiger partial charge is 0.489 e. The van der Waals surface area contributed by atoms with Gasteiger partial charge in [-0.05, 0) is 53.8 Å². The predicted molar refractivity (Wildman–Crippen MR) is 128 cm³/mol. The van der Waals surface area contributed by atoms with E-state index in [1.807, 2.05) is 66.9 Å². The molecule has 0 spiro atoms. The molecule has 0 fully saturated rings. The van der Waals surface area contributed by atoms with E-state index in [9.17, 15) is 10.1 Å². The van der Waals surface area contributed by atoms with E-state index in [-0.39, 0.29) is 5.56 Å². The summed E-state index contributed by atoms with van der Waals surface area (Å²) in [5, 5.41) is 9.81. The van der Waals surface area contributed by atoms with Gasteiger partial charge >= 0.3 is 0 Å². The molecule has 3 aromatic carbocycles. The second-order valence-electron chi connectivity index (χ2n) is 7.14. The molecule has 4 rings (SSSR count). The third-order valence-electron chi connectivity index (χ3n) is 4.91. The van der Waals surface area contributed by atoms with Crippen molar-refractivity contribution in [2.45, 2.75) is 18.4 Å². The lowest BCUT2D eigenvalue weighted by Gasteiger charge is -2.10. The predicted octanol–water partition coefficient (Wildman–Crippen LogP) is 5.19. The monoisotopic (exact) mass is 455 g/mol. The molecular weight excluding hydrogens is 434 g/mol. The van der Waals surface area contributed by atoms with E-state index in [0.29, 0.717) is 35.4 Å². The van der Waals surface area contributed by atoms with Gasteiger partial charge in [0.2, 0.25) is 0 Å². The molecular formula is C26H21N3O3S. The summed E-state index contributed by atoms with van der Waals surface area (Å²) in [7, 11) is 0. The highest BCUT2D eigenvalue weighted by atomic mass is 32.2. The molecule has 1 N–H and O–H groups in total. The van der Waals surface area contributed by atoms with Gasteiger partial charge in [0.05, 0.1) is 5.69 Å². The fourth-order valence-corrected chi connectivity index (χ4v) is 3.54. The molecule has 6 nitrogen and oxygen atoms in total. The second kappa shape index (κ2) is 10.5. The molecule has 0 saturated heterocycles. The molecule has 1 aromatic heterocycles. The number of nitrogens with zero attached hydrogens (tertiary/aromatic N) is 2. The first-order chi connectivity index (χ1) is 16.2. The summed E-state index contributed by atoms with van der Waals surface area (Å²) in [6.45, 7) is 0.929. The van der Waals surface area contributed by atoms with E-state index in [2.05, 4.69) is 9.97 Å². The third kappa shape index (κ3) is 5.62. The molecule has 0 unspecified atom stereocenters. The highest BCUT2D eigenvalue weighted by molar-refractivity contribution is 7.98. The summed E-state index contributed by atoms with van der Waals surface area (Å²) in [6, 6.07) is 27.0. The third-order valence-corrected chi connectivity index (χ3v) is 5.49. The highest BCUT2D eigenvalue weighted by Gasteiger charge is 2.13. The van der Waals surface area contributed by atoms with Crippen LogP contribution in [0.4, 0.5) is 0 Å². The average Bonchev–Trinajstić information content (AvgIpc) is 2.87. The molecule has 0 aliphatic rings. The van der Waals surface area contributed by atoms with Crippen molar-refractivity contribution in [2.75, 3.05) is 6.26 Å². The molecule has 0 radical (unpaired) electrons. The molecule has 0 aliphatic carbocycles. The van der Waals surface area contributed by atoms with E-state index in [1.165, 1.54) is 11.8 Å². The Kier molecular flexibility index (Phi) is 7.08. The van der Waals surface area contributed by atoms with Crippen LogP contribution in [0.3, 0.4) is 0 Å². The zero-order valence-corrected chi connectivity index (χ0v) is 18.8. The van der Waals surface area contributed by atoms with Crippen molar-refractivity contribution in [1.82, 2.24) is 9.97 Å². The Morgan fingerprint density at radius 2 is 1.45 bits per heavy atom. The average molecular weight is 456 g/mol. The maximum atomic E-state index is 12.1. The zero-order valence-electron chi connectivity index (χ0n) is 17.9. The smallest absolute Gasteiger partial charge is 0.270 e. The number of hydrogen-bond acceptors (Lipinski definition) is 6. The van der Waals surface area contributed by atoms with Gasteiger partial charge in [0.1, 0.15) is 36.3 Å². The van der Waals surface area contributed by atoms with Crippen molar-refractivity contribution >= 4 is 11.8 Å². The minimum Gasteiger partial charge on any atom is -0.489 e. The number of aromatic nitrogens is 2. The molecule has 0 atom stereocenters. The molecule has 0 bridgehead atoms. The fourth-order valence-electron chi connectivity index (χ4n) is 3.16. The summed E-state index contributed by atoms with van der Waals surface area (Å²) in [4.78, 5) is 19.1. The lowest BCUT2D eigenvalue weighted by Crippen LogP contribution is -2.14. The number of thioether (sulfide) groups is 1. The van der Waals surface area contributed by atoms with Crippen LogP contribution in [0, 0.1) is 11.3 Å². The Morgan fingerprint density at radius 3 is 2.03 bits per heavy atom. The van der Waals surface area contributed by atoms with Gasteiger partial charge in [-0.2, -0.15) is 5.26 Å². The molecule has 0 amide bonds. The number of aromatic amines is 1. The van der Waals surface area contributed by atoms with Crippen LogP contribution in [-0.4, -0.2) is 16.2 Å². The topological polar surface area (TPSA) is 88.0 Å². The lowest BCUT2D eigenvalue weighted by atomic mass is 10.1. The van der Waals surface area contributed by atoms with Crippen LogP contribution in [-0.2, 0) is 13.2 Å². The van der Waals surface area contributed by atoms with E-state index in [0.717, 1.165) is 16.9 Å². The summed E-state index contributed by atoms with van der Waals surface area (Å²) in [6.07, 6.45) is 1.81. The molecule has 4 aromatic rings. The minimum atomic E-state index is -0.441. The fraction of sp³-hybridized carbons (Fsp3) is 0.115. The van der Waals surface area contributed by atoms with Gasteiger partial charge in [0, 0.05) is 5.56 Å². The van der Waals surface area contributed by atoms with E-state index in [4.69, 9.17) is 9.47 Å². The van der Waals surface area contributed by atoms with Gasteiger partial charge in [-0.3, -0.25) is 4.79 Å². The first-order valence-corrected chi connectivity index (χ1v) is 11.5. The second-order valence-corrected chi connectivity index (χ2v) is 7.94. The SMILES string of the molecule is CSc1nc(-c2ccc(OCc3ccc(OCc4ccccc4)cc3)cc2)c(C#N)c(=O)[nH]1. The molecule has 7 heteroatoms. The highest BCUT2D eigenvalue weighted by Crippen LogP contribution is 2.24. The van der Waals surface area contributed by atoms with E-state index >= 15 is 0 Å². The van der Waals surface area contributed by atoms with Crippen LogP contribution in [0.15, 0.2) is 88.8 Å². The van der Waals surface area contributed by atoms with Crippen molar-refractivity contribution in [2.24, 2.45) is 0 Å².